The second-order valence-corrected chi connectivity index (χ2v) is 8.40. The molecule has 0 unspecified atom stereocenters. The zero-order chi connectivity index (χ0) is 23.1. The Labute approximate surface area is 190 Å². The van der Waals surface area contributed by atoms with Crippen molar-refractivity contribution in [2.45, 2.75) is 26.9 Å². The van der Waals surface area contributed by atoms with E-state index in [1.165, 1.54) is 18.5 Å². The van der Waals surface area contributed by atoms with Gasteiger partial charge in [0.2, 0.25) is 0 Å². The van der Waals surface area contributed by atoms with E-state index >= 15 is 0 Å². The van der Waals surface area contributed by atoms with Crippen LogP contribution in [0.25, 0.3) is 21.9 Å². The summed E-state index contributed by atoms with van der Waals surface area (Å²) in [5, 5.41) is 0.640. The SMILES string of the molecule is COc1cccc(Cn2cnc3c4cc(F)ccc4n(Cc4cc(C)ccc4C)c3c2=O)c1. The van der Waals surface area contributed by atoms with Crippen LogP contribution in [0.2, 0.25) is 0 Å². The number of hydrogen-bond acceptors (Lipinski definition) is 3. The molecule has 0 bridgehead atoms. The first-order chi connectivity index (χ1) is 15.9. The Hall–Kier alpha value is -3.93. The van der Waals surface area contributed by atoms with E-state index in [-0.39, 0.29) is 11.4 Å². The minimum Gasteiger partial charge on any atom is -0.497 e. The van der Waals surface area contributed by atoms with E-state index in [2.05, 4.69) is 30.1 Å². The number of rotatable bonds is 5. The van der Waals surface area contributed by atoms with Crippen molar-refractivity contribution in [3.8, 4) is 5.75 Å². The van der Waals surface area contributed by atoms with Gasteiger partial charge in [-0.3, -0.25) is 9.36 Å². The van der Waals surface area contributed by atoms with Crippen molar-refractivity contribution in [1.29, 1.82) is 0 Å². The minimum atomic E-state index is -0.351. The highest BCUT2D eigenvalue weighted by Crippen LogP contribution is 2.28. The van der Waals surface area contributed by atoms with Gasteiger partial charge in [0.05, 0.1) is 25.5 Å². The molecule has 5 nitrogen and oxygen atoms in total. The monoisotopic (exact) mass is 441 g/mol. The molecule has 3 aromatic carbocycles. The third-order valence-electron chi connectivity index (χ3n) is 6.11. The average Bonchev–Trinajstić information content (AvgIpc) is 3.11. The summed E-state index contributed by atoms with van der Waals surface area (Å²) < 4.78 is 23.0. The van der Waals surface area contributed by atoms with Gasteiger partial charge in [-0.05, 0) is 60.9 Å². The smallest absolute Gasteiger partial charge is 0.278 e. The topological polar surface area (TPSA) is 49.0 Å². The van der Waals surface area contributed by atoms with E-state index in [0.717, 1.165) is 33.5 Å². The molecule has 0 saturated heterocycles. The summed E-state index contributed by atoms with van der Waals surface area (Å²) in [6, 6.07) is 18.5. The van der Waals surface area contributed by atoms with Crippen molar-refractivity contribution in [2.24, 2.45) is 0 Å². The third kappa shape index (κ3) is 3.78. The minimum absolute atomic E-state index is 0.162. The van der Waals surface area contributed by atoms with Crippen LogP contribution in [0.4, 0.5) is 4.39 Å². The third-order valence-corrected chi connectivity index (χ3v) is 6.11. The summed E-state index contributed by atoms with van der Waals surface area (Å²) in [4.78, 5) is 18.3. The molecule has 0 radical (unpaired) electrons. The largest absolute Gasteiger partial charge is 0.497 e. The molecule has 0 saturated carbocycles. The van der Waals surface area contributed by atoms with Crippen LogP contribution in [0.3, 0.4) is 0 Å². The molecular weight excluding hydrogens is 417 g/mol. The van der Waals surface area contributed by atoms with E-state index in [4.69, 9.17) is 4.74 Å². The first kappa shape index (κ1) is 20.9. The normalized spacial score (nSPS) is 11.4. The Kier molecular flexibility index (Phi) is 5.21. The molecule has 166 valence electrons. The average molecular weight is 442 g/mol. The zero-order valence-electron chi connectivity index (χ0n) is 18.8. The number of aryl methyl sites for hydroxylation is 2. The van der Waals surface area contributed by atoms with Gasteiger partial charge in [-0.1, -0.05) is 35.9 Å². The molecule has 0 aliphatic heterocycles. The molecule has 2 heterocycles. The molecule has 6 heteroatoms. The predicted octanol–water partition coefficient (Wildman–Crippen LogP) is 5.21. The number of ether oxygens (including phenoxy) is 1. The van der Waals surface area contributed by atoms with E-state index < -0.39 is 0 Å². The lowest BCUT2D eigenvalue weighted by Crippen LogP contribution is -2.23. The first-order valence-corrected chi connectivity index (χ1v) is 10.8. The molecule has 0 spiro atoms. The summed E-state index contributed by atoms with van der Waals surface area (Å²) in [6.07, 6.45) is 1.54. The Balaban J connectivity index is 1.72. The van der Waals surface area contributed by atoms with Gasteiger partial charge in [-0.2, -0.15) is 0 Å². The number of benzene rings is 3. The second kappa shape index (κ2) is 8.20. The van der Waals surface area contributed by atoms with Crippen molar-refractivity contribution in [1.82, 2.24) is 14.1 Å². The van der Waals surface area contributed by atoms with Gasteiger partial charge in [0.25, 0.3) is 5.56 Å². The predicted molar refractivity (Wildman–Crippen MR) is 129 cm³/mol. The summed E-state index contributed by atoms with van der Waals surface area (Å²) in [5.74, 6) is 0.379. The molecule has 5 rings (SSSR count). The van der Waals surface area contributed by atoms with Gasteiger partial charge in [0, 0.05) is 11.9 Å². The second-order valence-electron chi connectivity index (χ2n) is 8.40. The molecule has 0 aliphatic rings. The van der Waals surface area contributed by atoms with Crippen molar-refractivity contribution in [3.05, 3.63) is 105 Å². The quantitative estimate of drug-likeness (QED) is 0.376. The van der Waals surface area contributed by atoms with Crippen LogP contribution in [0, 0.1) is 19.7 Å². The fourth-order valence-electron chi connectivity index (χ4n) is 4.36. The maximum Gasteiger partial charge on any atom is 0.278 e. The fraction of sp³-hybridized carbons (Fsp3) is 0.185. The van der Waals surface area contributed by atoms with E-state index in [1.54, 1.807) is 17.7 Å². The molecule has 2 aromatic heterocycles. The van der Waals surface area contributed by atoms with Crippen molar-refractivity contribution < 1.29 is 9.13 Å². The number of halogens is 1. The molecule has 0 N–H and O–H groups in total. The summed E-state index contributed by atoms with van der Waals surface area (Å²) in [5.41, 5.74) is 5.94. The van der Waals surface area contributed by atoms with Gasteiger partial charge in [-0.25, -0.2) is 9.37 Å². The van der Waals surface area contributed by atoms with Crippen molar-refractivity contribution in [3.63, 3.8) is 0 Å². The standard InChI is InChI=1S/C27H24FN3O2/c1-17-7-8-18(2)20(11-17)15-31-24-10-9-21(28)13-23(24)25-26(31)27(32)30(16-29-25)14-19-5-4-6-22(12-19)33-3/h4-13,16H,14-15H2,1-3H3. The van der Waals surface area contributed by atoms with Crippen LogP contribution in [0.5, 0.6) is 5.75 Å². The highest BCUT2D eigenvalue weighted by molar-refractivity contribution is 6.05. The van der Waals surface area contributed by atoms with Gasteiger partial charge >= 0.3 is 0 Å². The van der Waals surface area contributed by atoms with Gasteiger partial charge in [0.1, 0.15) is 22.6 Å². The number of aromatic nitrogens is 3. The van der Waals surface area contributed by atoms with E-state index in [1.807, 2.05) is 35.8 Å². The van der Waals surface area contributed by atoms with Gasteiger partial charge in [0.15, 0.2) is 0 Å². The number of fused-ring (bicyclic) bond motifs is 3. The van der Waals surface area contributed by atoms with Crippen molar-refractivity contribution in [2.75, 3.05) is 7.11 Å². The fourth-order valence-corrected chi connectivity index (χ4v) is 4.36. The Morgan fingerprint density at radius 2 is 1.85 bits per heavy atom. The lowest BCUT2D eigenvalue weighted by molar-refractivity contribution is 0.414. The van der Waals surface area contributed by atoms with Gasteiger partial charge in [-0.15, -0.1) is 0 Å². The summed E-state index contributed by atoms with van der Waals surface area (Å²) in [6.45, 7) is 4.96. The first-order valence-electron chi connectivity index (χ1n) is 10.8. The Bertz CT molecular complexity index is 1570. The zero-order valence-corrected chi connectivity index (χ0v) is 18.8. The highest BCUT2D eigenvalue weighted by atomic mass is 19.1. The van der Waals surface area contributed by atoms with Crippen LogP contribution in [-0.2, 0) is 13.1 Å². The number of nitrogens with zero attached hydrogens (tertiary/aromatic N) is 3. The lowest BCUT2D eigenvalue weighted by Gasteiger charge is -2.12. The molecular formula is C27H24FN3O2. The molecule has 0 amide bonds. The Morgan fingerprint density at radius 1 is 1.00 bits per heavy atom. The molecule has 0 atom stereocenters. The van der Waals surface area contributed by atoms with Crippen LogP contribution in [-0.4, -0.2) is 21.2 Å². The van der Waals surface area contributed by atoms with Crippen LogP contribution >= 0.6 is 0 Å². The molecule has 33 heavy (non-hydrogen) atoms. The van der Waals surface area contributed by atoms with Gasteiger partial charge < -0.3 is 9.30 Å². The number of methoxy groups -OCH3 is 1. The van der Waals surface area contributed by atoms with Crippen molar-refractivity contribution >= 4 is 21.9 Å². The van der Waals surface area contributed by atoms with E-state index in [9.17, 15) is 9.18 Å². The molecule has 0 fully saturated rings. The summed E-state index contributed by atoms with van der Waals surface area (Å²) >= 11 is 0. The summed E-state index contributed by atoms with van der Waals surface area (Å²) in [7, 11) is 1.61. The highest BCUT2D eigenvalue weighted by Gasteiger charge is 2.18. The van der Waals surface area contributed by atoms with E-state index in [0.29, 0.717) is 29.5 Å². The maximum atomic E-state index is 14.1. The van der Waals surface area contributed by atoms with Crippen LogP contribution < -0.4 is 10.3 Å². The lowest BCUT2D eigenvalue weighted by atomic mass is 10.1. The molecule has 5 aromatic rings. The van der Waals surface area contributed by atoms with Crippen LogP contribution in [0.15, 0.2) is 71.8 Å². The van der Waals surface area contributed by atoms with Crippen LogP contribution in [0.1, 0.15) is 22.3 Å². The maximum absolute atomic E-state index is 14.1. The Morgan fingerprint density at radius 3 is 2.67 bits per heavy atom. The number of hydrogen-bond donors (Lipinski definition) is 0. The molecule has 0 aliphatic carbocycles.